The average Bonchev–Trinajstić information content (AvgIpc) is 3.67. The van der Waals surface area contributed by atoms with Gasteiger partial charge >= 0.3 is 0 Å². The van der Waals surface area contributed by atoms with Gasteiger partial charge in [-0.3, -0.25) is 14.2 Å². The van der Waals surface area contributed by atoms with E-state index in [0.29, 0.717) is 33.0 Å². The molecule has 0 radical (unpaired) electrons. The van der Waals surface area contributed by atoms with E-state index in [4.69, 9.17) is 11.6 Å². The van der Waals surface area contributed by atoms with Gasteiger partial charge in [0, 0.05) is 46.5 Å². The van der Waals surface area contributed by atoms with Crippen LogP contribution < -0.4 is 14.8 Å². The Morgan fingerprint density at radius 2 is 1.74 bits per heavy atom. The first-order chi connectivity index (χ1) is 19.0. The number of amides is 1. The molecule has 0 bridgehead atoms. The molecule has 1 fully saturated rings. The highest BCUT2D eigenvalue weighted by Gasteiger charge is 2.25. The number of hydrogen-bond donors (Lipinski definition) is 0. The molecule has 3 heterocycles. The standard InChI is InChI=1S/C31H25ClN4O2S/c1-2-35-26-8-4-3-7-23(26)24-18-22(13-14-27(24)35)36-30(38)28(17-20-9-11-21(32)12-10-20)39-31(36)25(19-33)29(37)34-15-5-6-16-34/h3-4,7-14,17-18H,2,5-6,15-16H2,1H3. The summed E-state index contributed by atoms with van der Waals surface area (Å²) in [5, 5.41) is 12.9. The molecule has 0 spiro atoms. The summed E-state index contributed by atoms with van der Waals surface area (Å²) in [6, 6.07) is 23.4. The lowest BCUT2D eigenvalue weighted by molar-refractivity contribution is -0.123. The van der Waals surface area contributed by atoms with Gasteiger partial charge < -0.3 is 9.47 Å². The molecule has 8 heteroatoms. The molecule has 0 saturated carbocycles. The van der Waals surface area contributed by atoms with Crippen LogP contribution in [0, 0.1) is 11.3 Å². The van der Waals surface area contributed by atoms with Gasteiger partial charge in [0.15, 0.2) is 5.57 Å². The first kappa shape index (κ1) is 25.2. The van der Waals surface area contributed by atoms with E-state index >= 15 is 0 Å². The largest absolute Gasteiger partial charge is 0.341 e. The molecule has 194 valence electrons. The molecule has 3 aromatic carbocycles. The van der Waals surface area contributed by atoms with E-state index < -0.39 is 0 Å². The zero-order chi connectivity index (χ0) is 27.1. The third-order valence-electron chi connectivity index (χ3n) is 7.25. The van der Waals surface area contributed by atoms with E-state index in [0.717, 1.165) is 46.8 Å². The van der Waals surface area contributed by atoms with Gasteiger partial charge in [0.25, 0.3) is 11.5 Å². The Kier molecular flexibility index (Phi) is 6.59. The molecule has 1 amide bonds. The van der Waals surface area contributed by atoms with Crippen LogP contribution in [0.1, 0.15) is 25.3 Å². The van der Waals surface area contributed by atoms with Crippen LogP contribution in [0.3, 0.4) is 0 Å². The van der Waals surface area contributed by atoms with Crippen LogP contribution >= 0.6 is 22.9 Å². The molecule has 0 atom stereocenters. The Morgan fingerprint density at radius 1 is 1.03 bits per heavy atom. The summed E-state index contributed by atoms with van der Waals surface area (Å²) in [4.78, 5) is 29.1. The van der Waals surface area contributed by atoms with E-state index in [1.54, 1.807) is 23.1 Å². The summed E-state index contributed by atoms with van der Waals surface area (Å²) in [7, 11) is 0. The molecule has 1 saturated heterocycles. The maximum Gasteiger partial charge on any atom is 0.273 e. The molecule has 39 heavy (non-hydrogen) atoms. The predicted molar refractivity (Wildman–Crippen MR) is 158 cm³/mol. The summed E-state index contributed by atoms with van der Waals surface area (Å²) < 4.78 is 4.55. The van der Waals surface area contributed by atoms with Crippen molar-refractivity contribution in [3.8, 4) is 11.8 Å². The molecule has 6 nitrogen and oxygen atoms in total. The van der Waals surface area contributed by atoms with Crippen molar-refractivity contribution in [3.63, 3.8) is 0 Å². The molecule has 1 aliphatic heterocycles. The van der Waals surface area contributed by atoms with Crippen LogP contribution in [0.5, 0.6) is 0 Å². The second-order valence-corrected chi connectivity index (χ2v) is 11.0. The van der Waals surface area contributed by atoms with Crippen molar-refractivity contribution in [1.82, 2.24) is 14.0 Å². The minimum atomic E-state index is -0.327. The second-order valence-electron chi connectivity index (χ2n) is 9.56. The summed E-state index contributed by atoms with van der Waals surface area (Å²) >= 11 is 7.22. The van der Waals surface area contributed by atoms with Crippen molar-refractivity contribution < 1.29 is 4.79 Å². The van der Waals surface area contributed by atoms with E-state index in [1.807, 2.05) is 42.5 Å². The minimum absolute atomic E-state index is 0.00848. The zero-order valence-electron chi connectivity index (χ0n) is 21.4. The van der Waals surface area contributed by atoms with E-state index in [-0.39, 0.29) is 17.0 Å². The molecule has 0 N–H and O–H groups in total. The monoisotopic (exact) mass is 552 g/mol. The Hall–Kier alpha value is -4.12. The van der Waals surface area contributed by atoms with E-state index in [2.05, 4.69) is 29.7 Å². The van der Waals surface area contributed by atoms with Crippen LogP contribution in [0.15, 0.2) is 71.5 Å². The Bertz CT molecular complexity index is 1970. The van der Waals surface area contributed by atoms with E-state index in [1.165, 1.54) is 15.9 Å². The number of likely N-dealkylation sites (tertiary alicyclic amines) is 1. The SMILES string of the molecule is CCn1c2ccccc2c2cc(-n3c(=C(C#N)C(=O)N4CCCC4)sc(=Cc4ccc(Cl)cc4)c3=O)ccc21. The summed E-state index contributed by atoms with van der Waals surface area (Å²) in [6.45, 7) is 4.15. The van der Waals surface area contributed by atoms with Crippen LogP contribution in [0.2, 0.25) is 5.02 Å². The van der Waals surface area contributed by atoms with Crippen molar-refractivity contribution in [2.24, 2.45) is 0 Å². The van der Waals surface area contributed by atoms with Crippen LogP contribution in [-0.2, 0) is 11.3 Å². The van der Waals surface area contributed by atoms with Gasteiger partial charge in [0.2, 0.25) is 0 Å². The molecule has 1 aliphatic rings. The summed E-state index contributed by atoms with van der Waals surface area (Å²) in [5.41, 5.74) is 3.34. The lowest BCUT2D eigenvalue weighted by Crippen LogP contribution is -2.35. The number of aryl methyl sites for hydroxylation is 1. The third-order valence-corrected chi connectivity index (χ3v) is 8.60. The fourth-order valence-corrected chi connectivity index (χ4v) is 6.60. The quantitative estimate of drug-likeness (QED) is 0.321. The van der Waals surface area contributed by atoms with Gasteiger partial charge in [0.05, 0.1) is 10.2 Å². The third kappa shape index (κ3) is 4.36. The maximum absolute atomic E-state index is 14.0. The Balaban J connectivity index is 1.66. The Morgan fingerprint density at radius 3 is 2.46 bits per heavy atom. The molecule has 5 aromatic rings. The summed E-state index contributed by atoms with van der Waals surface area (Å²) in [5.74, 6) is -0.327. The van der Waals surface area contributed by atoms with Crippen LogP contribution in [0.25, 0.3) is 39.1 Å². The van der Waals surface area contributed by atoms with E-state index in [9.17, 15) is 14.9 Å². The van der Waals surface area contributed by atoms with Gasteiger partial charge in [-0.15, -0.1) is 11.3 Å². The average molecular weight is 553 g/mol. The van der Waals surface area contributed by atoms with Gasteiger partial charge in [-0.05, 0) is 67.8 Å². The lowest BCUT2D eigenvalue weighted by atomic mass is 10.1. The molecule has 6 rings (SSSR count). The number of halogens is 1. The minimum Gasteiger partial charge on any atom is -0.341 e. The lowest BCUT2D eigenvalue weighted by Gasteiger charge is -2.14. The van der Waals surface area contributed by atoms with Gasteiger partial charge in [-0.1, -0.05) is 41.9 Å². The van der Waals surface area contributed by atoms with Crippen LogP contribution in [0.4, 0.5) is 0 Å². The number of rotatable bonds is 4. The van der Waals surface area contributed by atoms with Crippen molar-refractivity contribution in [1.29, 1.82) is 5.26 Å². The highest BCUT2D eigenvalue weighted by atomic mass is 35.5. The molecular weight excluding hydrogens is 528 g/mol. The number of nitrogens with zero attached hydrogens (tertiary/aromatic N) is 4. The topological polar surface area (TPSA) is 71.0 Å². The molecular formula is C31H25ClN4O2S. The van der Waals surface area contributed by atoms with Crippen molar-refractivity contribution in [3.05, 3.63) is 96.9 Å². The number of thiazole rings is 1. The number of carbonyl (C=O) groups excluding carboxylic acids is 1. The van der Waals surface area contributed by atoms with Crippen LogP contribution in [-0.4, -0.2) is 33.0 Å². The highest BCUT2D eigenvalue weighted by Crippen LogP contribution is 2.30. The molecule has 0 unspecified atom stereocenters. The maximum atomic E-state index is 14.0. The van der Waals surface area contributed by atoms with Gasteiger partial charge in [-0.25, -0.2) is 0 Å². The van der Waals surface area contributed by atoms with Gasteiger partial charge in [0.1, 0.15) is 10.7 Å². The Labute approximate surface area is 233 Å². The number of carbonyl (C=O) groups is 1. The number of hydrogen-bond acceptors (Lipinski definition) is 4. The smallest absolute Gasteiger partial charge is 0.273 e. The summed E-state index contributed by atoms with van der Waals surface area (Å²) in [6.07, 6.45) is 3.60. The number of aromatic nitrogens is 2. The zero-order valence-corrected chi connectivity index (χ0v) is 22.9. The molecule has 2 aromatic heterocycles. The number of para-hydroxylation sites is 1. The fourth-order valence-electron chi connectivity index (χ4n) is 5.38. The highest BCUT2D eigenvalue weighted by molar-refractivity contribution is 7.07. The van der Waals surface area contributed by atoms with Crippen molar-refractivity contribution in [2.45, 2.75) is 26.3 Å². The molecule has 0 aliphatic carbocycles. The first-order valence-corrected chi connectivity index (χ1v) is 14.1. The van der Waals surface area contributed by atoms with Crippen molar-refractivity contribution in [2.75, 3.05) is 13.1 Å². The fraction of sp³-hybridized carbons (Fsp3) is 0.194. The number of fused-ring (bicyclic) bond motifs is 3. The predicted octanol–water partition coefficient (Wildman–Crippen LogP) is 4.81. The first-order valence-electron chi connectivity index (χ1n) is 12.9. The second kappa shape index (κ2) is 10.2. The normalized spacial score (nSPS) is 14.8. The number of benzene rings is 3. The van der Waals surface area contributed by atoms with Crippen molar-refractivity contribution >= 4 is 62.3 Å². The number of nitriles is 1. The van der Waals surface area contributed by atoms with Gasteiger partial charge in [-0.2, -0.15) is 5.26 Å².